The zero-order valence-corrected chi connectivity index (χ0v) is 17.4. The summed E-state index contributed by atoms with van der Waals surface area (Å²) in [4.78, 5) is 36.0. The molecule has 1 atom stereocenters. The van der Waals surface area contributed by atoms with E-state index in [9.17, 15) is 45.1 Å². The van der Waals surface area contributed by atoms with Crippen LogP contribution in [0.25, 0.3) is 0 Å². The summed E-state index contributed by atoms with van der Waals surface area (Å²) in [5, 5.41) is 2.49. The molecule has 0 spiro atoms. The van der Waals surface area contributed by atoms with E-state index in [0.717, 1.165) is 12.1 Å². The number of hydrogen-bond acceptors (Lipinski definition) is 3. The van der Waals surface area contributed by atoms with Gasteiger partial charge in [-0.3, -0.25) is 25.2 Å². The Hall–Kier alpha value is -3.64. The van der Waals surface area contributed by atoms with E-state index >= 15 is 0 Å². The third-order valence-electron chi connectivity index (χ3n) is 4.36. The molecule has 0 fully saturated rings. The Morgan fingerprint density at radius 1 is 0.794 bits per heavy atom. The van der Waals surface area contributed by atoms with Crippen molar-refractivity contribution >= 4 is 23.4 Å². The molecule has 13 heteroatoms. The molecule has 0 saturated heterocycles. The van der Waals surface area contributed by atoms with E-state index in [-0.39, 0.29) is 31.0 Å². The maximum absolute atomic E-state index is 12.9. The summed E-state index contributed by atoms with van der Waals surface area (Å²) in [6.45, 7) is 1.52. The van der Waals surface area contributed by atoms with Gasteiger partial charge in [0.1, 0.15) is 5.82 Å². The van der Waals surface area contributed by atoms with Gasteiger partial charge < -0.3 is 5.32 Å². The quantitative estimate of drug-likeness (QED) is 0.404. The van der Waals surface area contributed by atoms with Gasteiger partial charge in [-0.1, -0.05) is 6.92 Å². The van der Waals surface area contributed by atoms with Gasteiger partial charge in [0.2, 0.25) is 11.8 Å². The topological polar surface area (TPSA) is 87.3 Å². The molecule has 3 amide bonds. The SMILES string of the molecule is CC(CC(=O)NNC(=O)c1cc(C(F)(F)F)cc(C(F)(F)F)c1)CC(=O)Nc1ccc(F)cc1. The fourth-order valence-corrected chi connectivity index (χ4v) is 2.79. The number of hydrogen-bond donors (Lipinski definition) is 3. The molecule has 0 saturated carbocycles. The summed E-state index contributed by atoms with van der Waals surface area (Å²) < 4.78 is 90.3. The summed E-state index contributed by atoms with van der Waals surface area (Å²) in [7, 11) is 0. The van der Waals surface area contributed by atoms with Crippen LogP contribution in [0.4, 0.5) is 36.4 Å². The highest BCUT2D eigenvalue weighted by molar-refractivity contribution is 5.96. The van der Waals surface area contributed by atoms with E-state index in [1.54, 1.807) is 5.43 Å². The summed E-state index contributed by atoms with van der Waals surface area (Å²) in [5.74, 6) is -3.77. The lowest BCUT2D eigenvalue weighted by molar-refractivity contribution is -0.143. The average molecular weight is 493 g/mol. The molecular formula is C21H18F7N3O3. The van der Waals surface area contributed by atoms with Crippen LogP contribution in [-0.4, -0.2) is 17.7 Å². The van der Waals surface area contributed by atoms with Gasteiger partial charge in [-0.15, -0.1) is 0 Å². The van der Waals surface area contributed by atoms with Crippen LogP contribution in [0.5, 0.6) is 0 Å². The number of alkyl halides is 6. The van der Waals surface area contributed by atoms with Crippen LogP contribution in [0.3, 0.4) is 0 Å². The minimum atomic E-state index is -5.14. The molecule has 0 aliphatic rings. The highest BCUT2D eigenvalue weighted by atomic mass is 19.4. The summed E-state index contributed by atoms with van der Waals surface area (Å²) in [6.07, 6.45) is -10.7. The van der Waals surface area contributed by atoms with Gasteiger partial charge in [0.15, 0.2) is 0 Å². The lowest BCUT2D eigenvalue weighted by atomic mass is 10.0. The van der Waals surface area contributed by atoms with Crippen molar-refractivity contribution in [3.8, 4) is 0 Å². The third-order valence-corrected chi connectivity index (χ3v) is 4.36. The summed E-state index contributed by atoms with van der Waals surface area (Å²) >= 11 is 0. The van der Waals surface area contributed by atoms with Crippen LogP contribution < -0.4 is 16.2 Å². The van der Waals surface area contributed by atoms with Gasteiger partial charge in [0.25, 0.3) is 5.91 Å². The molecule has 0 radical (unpaired) electrons. The van der Waals surface area contributed by atoms with Crippen LogP contribution in [0.15, 0.2) is 42.5 Å². The highest BCUT2D eigenvalue weighted by Crippen LogP contribution is 2.36. The van der Waals surface area contributed by atoms with Gasteiger partial charge >= 0.3 is 12.4 Å². The standard InChI is InChI=1S/C21H18F7N3O3/c1-11(6-17(32)29-16-4-2-15(22)3-5-16)7-18(33)30-31-19(34)12-8-13(20(23,24)25)10-14(9-12)21(26,27)28/h2-5,8-11H,6-7H2,1H3,(H,29,32)(H,30,33)(H,31,34). The van der Waals surface area contributed by atoms with Crippen LogP contribution in [0.2, 0.25) is 0 Å². The van der Waals surface area contributed by atoms with Crippen molar-refractivity contribution in [1.82, 2.24) is 10.9 Å². The predicted octanol–water partition coefficient (Wildman–Crippen LogP) is 4.68. The number of anilines is 1. The number of carbonyl (C=O) groups excluding carboxylic acids is 3. The highest BCUT2D eigenvalue weighted by Gasteiger charge is 2.37. The van der Waals surface area contributed by atoms with E-state index < -0.39 is 58.5 Å². The number of hydrazine groups is 1. The number of nitrogens with one attached hydrogen (secondary N) is 3. The third kappa shape index (κ3) is 8.05. The second-order valence-electron chi connectivity index (χ2n) is 7.37. The Kier molecular flexibility index (Phi) is 8.24. The number of amides is 3. The van der Waals surface area contributed by atoms with Gasteiger partial charge in [0, 0.05) is 24.1 Å². The van der Waals surface area contributed by atoms with Gasteiger partial charge in [0.05, 0.1) is 11.1 Å². The number of rotatable bonds is 6. The Bertz CT molecular complexity index is 1020. The van der Waals surface area contributed by atoms with Crippen molar-refractivity contribution in [3.05, 3.63) is 65.0 Å². The van der Waals surface area contributed by atoms with E-state index in [0.29, 0.717) is 5.69 Å². The maximum Gasteiger partial charge on any atom is 0.416 e. The Morgan fingerprint density at radius 2 is 1.29 bits per heavy atom. The summed E-state index contributed by atoms with van der Waals surface area (Å²) in [5.41, 5.74) is -0.364. The monoisotopic (exact) mass is 493 g/mol. The van der Waals surface area contributed by atoms with Crippen molar-refractivity contribution in [2.75, 3.05) is 5.32 Å². The van der Waals surface area contributed by atoms with Crippen molar-refractivity contribution in [2.45, 2.75) is 32.1 Å². The molecule has 34 heavy (non-hydrogen) atoms. The predicted molar refractivity (Wildman–Crippen MR) is 105 cm³/mol. The first-order valence-electron chi connectivity index (χ1n) is 9.59. The minimum Gasteiger partial charge on any atom is -0.326 e. The van der Waals surface area contributed by atoms with Crippen molar-refractivity contribution in [3.63, 3.8) is 0 Å². The molecule has 0 heterocycles. The average Bonchev–Trinajstić information content (AvgIpc) is 2.71. The van der Waals surface area contributed by atoms with Crippen LogP contribution in [0.1, 0.15) is 41.3 Å². The molecule has 184 valence electrons. The zero-order valence-electron chi connectivity index (χ0n) is 17.4. The fourth-order valence-electron chi connectivity index (χ4n) is 2.79. The molecule has 1 unspecified atom stereocenters. The van der Waals surface area contributed by atoms with Crippen LogP contribution >= 0.6 is 0 Å². The van der Waals surface area contributed by atoms with Gasteiger partial charge in [-0.25, -0.2) is 4.39 Å². The molecule has 3 N–H and O–H groups in total. The molecular weight excluding hydrogens is 475 g/mol. The Balaban J connectivity index is 1.93. The van der Waals surface area contributed by atoms with E-state index in [1.165, 1.54) is 19.1 Å². The Morgan fingerprint density at radius 3 is 1.79 bits per heavy atom. The largest absolute Gasteiger partial charge is 0.416 e. The first kappa shape index (κ1) is 26.6. The van der Waals surface area contributed by atoms with E-state index in [2.05, 4.69) is 5.32 Å². The van der Waals surface area contributed by atoms with Crippen molar-refractivity contribution in [2.24, 2.45) is 5.92 Å². The molecule has 0 aliphatic carbocycles. The number of benzene rings is 2. The second kappa shape index (κ2) is 10.5. The van der Waals surface area contributed by atoms with Crippen molar-refractivity contribution < 1.29 is 45.1 Å². The molecule has 0 bridgehead atoms. The number of carbonyl (C=O) groups is 3. The molecule has 6 nitrogen and oxygen atoms in total. The van der Waals surface area contributed by atoms with Crippen LogP contribution in [-0.2, 0) is 21.9 Å². The van der Waals surface area contributed by atoms with Crippen LogP contribution in [0, 0.1) is 11.7 Å². The molecule has 0 aromatic heterocycles. The van der Waals surface area contributed by atoms with Gasteiger partial charge in [-0.05, 0) is 48.4 Å². The minimum absolute atomic E-state index is 0.131. The lowest BCUT2D eigenvalue weighted by Gasteiger charge is -2.15. The Labute approximate surface area is 188 Å². The lowest BCUT2D eigenvalue weighted by Crippen LogP contribution is -2.42. The zero-order chi connectivity index (χ0) is 25.7. The fraction of sp³-hybridized carbons (Fsp3) is 0.286. The van der Waals surface area contributed by atoms with E-state index in [4.69, 9.17) is 0 Å². The number of halogens is 7. The first-order chi connectivity index (χ1) is 15.6. The maximum atomic E-state index is 12.9. The smallest absolute Gasteiger partial charge is 0.326 e. The van der Waals surface area contributed by atoms with Crippen molar-refractivity contribution in [1.29, 1.82) is 0 Å². The second-order valence-corrected chi connectivity index (χ2v) is 7.37. The van der Waals surface area contributed by atoms with E-state index in [1.807, 2.05) is 5.43 Å². The molecule has 2 rings (SSSR count). The molecule has 2 aromatic rings. The first-order valence-corrected chi connectivity index (χ1v) is 9.59. The summed E-state index contributed by atoms with van der Waals surface area (Å²) in [6, 6.07) is 5.25. The normalized spacial score (nSPS) is 12.6. The van der Waals surface area contributed by atoms with Gasteiger partial charge in [-0.2, -0.15) is 26.3 Å². The molecule has 2 aromatic carbocycles. The molecule has 0 aliphatic heterocycles.